The molecule has 28 heavy (non-hydrogen) atoms. The molecule has 1 amide bonds. The van der Waals surface area contributed by atoms with E-state index in [9.17, 15) is 4.79 Å². The molecule has 0 saturated heterocycles. The molecule has 4 aromatic rings. The van der Waals surface area contributed by atoms with E-state index >= 15 is 0 Å². The summed E-state index contributed by atoms with van der Waals surface area (Å²) in [5, 5.41) is 6.53. The molecule has 0 fully saturated rings. The Kier molecular flexibility index (Phi) is 5.13. The van der Waals surface area contributed by atoms with E-state index in [0.717, 1.165) is 35.1 Å². The summed E-state index contributed by atoms with van der Waals surface area (Å²) in [6.07, 6.45) is 2.47. The van der Waals surface area contributed by atoms with Gasteiger partial charge in [-0.1, -0.05) is 42.5 Å². The number of likely N-dealkylation sites (N-methyl/N-ethyl adjacent to an activating group) is 1. The smallest absolute Gasteiger partial charge is 0.228 e. The molecule has 3 aromatic carbocycles. The summed E-state index contributed by atoms with van der Waals surface area (Å²) in [4.78, 5) is 14.7. The zero-order valence-electron chi connectivity index (χ0n) is 16.4. The number of hydrogen-bond donors (Lipinski definition) is 1. The molecular weight excluding hydrogens is 346 g/mol. The molecule has 0 bridgehead atoms. The van der Waals surface area contributed by atoms with Gasteiger partial charge in [0.25, 0.3) is 0 Å². The highest BCUT2D eigenvalue weighted by atomic mass is 16.1. The minimum absolute atomic E-state index is 0.00155. The highest BCUT2D eigenvalue weighted by molar-refractivity contribution is 5.95. The molecule has 4 nitrogen and oxygen atoms in total. The average Bonchev–Trinajstić information content (AvgIpc) is 3.08. The summed E-state index contributed by atoms with van der Waals surface area (Å²) >= 11 is 0. The molecule has 1 N–H and O–H groups in total. The first-order valence-corrected chi connectivity index (χ1v) is 9.60. The third-order valence-electron chi connectivity index (χ3n) is 5.02. The van der Waals surface area contributed by atoms with E-state index in [1.165, 1.54) is 10.9 Å². The van der Waals surface area contributed by atoms with Crippen molar-refractivity contribution in [2.75, 3.05) is 26.0 Å². The van der Waals surface area contributed by atoms with Crippen LogP contribution >= 0.6 is 0 Å². The molecule has 1 heterocycles. The van der Waals surface area contributed by atoms with E-state index < -0.39 is 0 Å². The van der Waals surface area contributed by atoms with E-state index in [1.54, 1.807) is 0 Å². The standard InChI is InChI=1S/C24H25N3O/c1-26(2)13-14-27-12-11-21-17-22(9-10-23(21)27)25-24(28)16-18-7-8-19-5-3-4-6-20(19)15-18/h3-12,15,17H,13-14,16H2,1-2H3,(H,25,28). The Morgan fingerprint density at radius 1 is 0.929 bits per heavy atom. The third-order valence-corrected chi connectivity index (χ3v) is 5.02. The van der Waals surface area contributed by atoms with Crippen molar-refractivity contribution in [1.82, 2.24) is 9.47 Å². The number of rotatable bonds is 6. The van der Waals surface area contributed by atoms with Crippen LogP contribution in [0.5, 0.6) is 0 Å². The largest absolute Gasteiger partial charge is 0.346 e. The monoisotopic (exact) mass is 371 g/mol. The predicted molar refractivity (Wildman–Crippen MR) is 117 cm³/mol. The Hall–Kier alpha value is -3.11. The fourth-order valence-electron chi connectivity index (χ4n) is 3.52. The fraction of sp³-hybridized carbons (Fsp3) is 0.208. The Morgan fingerprint density at radius 2 is 1.75 bits per heavy atom. The molecule has 0 aliphatic carbocycles. The van der Waals surface area contributed by atoms with E-state index in [0.29, 0.717) is 6.42 Å². The number of anilines is 1. The number of nitrogens with one attached hydrogen (secondary N) is 1. The summed E-state index contributed by atoms with van der Waals surface area (Å²) in [5.41, 5.74) is 3.05. The van der Waals surface area contributed by atoms with Gasteiger partial charge in [0.15, 0.2) is 0 Å². The molecule has 0 atom stereocenters. The van der Waals surface area contributed by atoms with Crippen molar-refractivity contribution in [3.8, 4) is 0 Å². The maximum atomic E-state index is 12.5. The Labute approximate surface area is 165 Å². The molecule has 142 valence electrons. The lowest BCUT2D eigenvalue weighted by Gasteiger charge is -2.11. The topological polar surface area (TPSA) is 37.3 Å². The highest BCUT2D eigenvalue weighted by Crippen LogP contribution is 2.21. The lowest BCUT2D eigenvalue weighted by molar-refractivity contribution is -0.115. The zero-order valence-corrected chi connectivity index (χ0v) is 16.4. The molecule has 0 spiro atoms. The summed E-state index contributed by atoms with van der Waals surface area (Å²) in [5.74, 6) is 0.00155. The summed E-state index contributed by atoms with van der Waals surface area (Å²) in [7, 11) is 4.16. The van der Waals surface area contributed by atoms with Gasteiger partial charge in [-0.2, -0.15) is 0 Å². The number of carbonyl (C=O) groups excluding carboxylic acids is 1. The van der Waals surface area contributed by atoms with Crippen LogP contribution in [0.25, 0.3) is 21.7 Å². The van der Waals surface area contributed by atoms with Crippen molar-refractivity contribution in [3.05, 3.63) is 78.5 Å². The van der Waals surface area contributed by atoms with Crippen LogP contribution in [0.3, 0.4) is 0 Å². The molecule has 0 unspecified atom stereocenters. The van der Waals surface area contributed by atoms with Gasteiger partial charge in [0.05, 0.1) is 6.42 Å². The van der Waals surface area contributed by atoms with Crippen molar-refractivity contribution in [1.29, 1.82) is 0 Å². The van der Waals surface area contributed by atoms with Gasteiger partial charge in [-0.3, -0.25) is 4.79 Å². The zero-order chi connectivity index (χ0) is 19.5. The molecule has 4 heteroatoms. The van der Waals surface area contributed by atoms with Crippen molar-refractivity contribution in [3.63, 3.8) is 0 Å². The van der Waals surface area contributed by atoms with Gasteiger partial charge in [0.2, 0.25) is 5.91 Å². The van der Waals surface area contributed by atoms with Crippen molar-refractivity contribution in [2.45, 2.75) is 13.0 Å². The van der Waals surface area contributed by atoms with Gasteiger partial charge in [-0.25, -0.2) is 0 Å². The second kappa shape index (κ2) is 7.87. The average molecular weight is 371 g/mol. The normalized spacial score (nSPS) is 11.4. The second-order valence-electron chi connectivity index (χ2n) is 7.49. The Morgan fingerprint density at radius 3 is 2.57 bits per heavy atom. The van der Waals surface area contributed by atoms with Crippen molar-refractivity contribution < 1.29 is 4.79 Å². The lowest BCUT2D eigenvalue weighted by Crippen LogP contribution is -2.17. The minimum Gasteiger partial charge on any atom is -0.346 e. The molecule has 1 aromatic heterocycles. The maximum Gasteiger partial charge on any atom is 0.228 e. The number of nitrogens with zero attached hydrogens (tertiary/aromatic N) is 2. The van der Waals surface area contributed by atoms with Crippen LogP contribution < -0.4 is 5.32 Å². The van der Waals surface area contributed by atoms with Crippen LogP contribution in [0.4, 0.5) is 5.69 Å². The molecule has 0 aliphatic heterocycles. The molecule has 0 saturated carbocycles. The van der Waals surface area contributed by atoms with Gasteiger partial charge in [-0.15, -0.1) is 0 Å². The maximum absolute atomic E-state index is 12.5. The molecule has 4 rings (SSSR count). The van der Waals surface area contributed by atoms with Crippen LogP contribution in [0.1, 0.15) is 5.56 Å². The second-order valence-corrected chi connectivity index (χ2v) is 7.49. The van der Waals surface area contributed by atoms with Gasteiger partial charge < -0.3 is 14.8 Å². The van der Waals surface area contributed by atoms with Gasteiger partial charge in [0, 0.05) is 35.9 Å². The number of hydrogen-bond acceptors (Lipinski definition) is 2. The van der Waals surface area contributed by atoms with E-state index in [1.807, 2.05) is 30.3 Å². The van der Waals surface area contributed by atoms with Crippen molar-refractivity contribution >= 4 is 33.3 Å². The van der Waals surface area contributed by atoms with Crippen LogP contribution in [0, 0.1) is 0 Å². The van der Waals surface area contributed by atoms with E-state index in [4.69, 9.17) is 0 Å². The summed E-state index contributed by atoms with van der Waals surface area (Å²) < 4.78 is 2.25. The van der Waals surface area contributed by atoms with Crippen LogP contribution in [-0.2, 0) is 17.8 Å². The fourth-order valence-corrected chi connectivity index (χ4v) is 3.52. The van der Waals surface area contributed by atoms with Crippen LogP contribution in [-0.4, -0.2) is 36.0 Å². The molecular formula is C24H25N3O. The van der Waals surface area contributed by atoms with Crippen LogP contribution in [0.2, 0.25) is 0 Å². The van der Waals surface area contributed by atoms with Crippen molar-refractivity contribution in [2.24, 2.45) is 0 Å². The third kappa shape index (κ3) is 4.07. The number of fused-ring (bicyclic) bond motifs is 2. The Bertz CT molecular complexity index is 1130. The summed E-state index contributed by atoms with van der Waals surface area (Å²) in [6, 6.07) is 22.6. The summed E-state index contributed by atoms with van der Waals surface area (Å²) in [6.45, 7) is 1.94. The van der Waals surface area contributed by atoms with E-state index in [-0.39, 0.29) is 5.91 Å². The Balaban J connectivity index is 1.45. The number of aromatic nitrogens is 1. The minimum atomic E-state index is 0.00155. The van der Waals surface area contributed by atoms with Gasteiger partial charge >= 0.3 is 0 Å². The predicted octanol–water partition coefficient (Wildman–Crippen LogP) is 4.54. The van der Waals surface area contributed by atoms with E-state index in [2.05, 4.69) is 71.5 Å². The first kappa shape index (κ1) is 18.3. The molecule has 0 aliphatic rings. The van der Waals surface area contributed by atoms with Crippen LogP contribution in [0.15, 0.2) is 72.9 Å². The highest BCUT2D eigenvalue weighted by Gasteiger charge is 2.07. The first-order chi connectivity index (χ1) is 13.6. The number of amides is 1. The van der Waals surface area contributed by atoms with Gasteiger partial charge in [-0.05, 0) is 54.7 Å². The SMILES string of the molecule is CN(C)CCn1ccc2cc(NC(=O)Cc3ccc4ccccc4c3)ccc21. The number of carbonyl (C=O) groups is 1. The molecule has 0 radical (unpaired) electrons. The first-order valence-electron chi connectivity index (χ1n) is 9.60. The number of benzene rings is 3. The quantitative estimate of drug-likeness (QED) is 0.540. The lowest BCUT2D eigenvalue weighted by atomic mass is 10.0. The van der Waals surface area contributed by atoms with Gasteiger partial charge in [0.1, 0.15) is 0 Å².